The number of nitro groups is 1. The standard InChI is InChI=1S/C25H29ClN4O6S/c26-20-11-10-19(16-23(20)30(33)34)37(35,36)29-14-12-18(13-15-29)25(32)28-22-9-5-4-8-21(22)27-24(31)17-6-2-1-3-7-17/h1-3,6-7,10-11,16,18,21-22H,4-5,8-9,12-15H2,(H,27,31)(H,28,32)/t21-,22?/m1/s1. The number of nitro benzene ring substituents is 1. The molecular formula is C25H29ClN4O6S. The number of nitrogens with zero attached hydrogens (tertiary/aromatic N) is 2. The fourth-order valence-electron chi connectivity index (χ4n) is 4.92. The number of hydrogen-bond donors (Lipinski definition) is 2. The number of sulfonamides is 1. The van der Waals surface area contributed by atoms with Crippen molar-refractivity contribution in [3.63, 3.8) is 0 Å². The van der Waals surface area contributed by atoms with Gasteiger partial charge in [-0.2, -0.15) is 4.31 Å². The molecule has 12 heteroatoms. The van der Waals surface area contributed by atoms with Gasteiger partial charge in [0, 0.05) is 42.7 Å². The van der Waals surface area contributed by atoms with Crippen LogP contribution in [-0.2, 0) is 14.8 Å². The molecule has 0 spiro atoms. The first kappa shape index (κ1) is 27.0. The van der Waals surface area contributed by atoms with Crippen LogP contribution >= 0.6 is 11.6 Å². The molecule has 37 heavy (non-hydrogen) atoms. The summed E-state index contributed by atoms with van der Waals surface area (Å²) in [4.78, 5) is 35.9. The number of piperidine rings is 1. The van der Waals surface area contributed by atoms with Gasteiger partial charge in [0.1, 0.15) is 5.02 Å². The monoisotopic (exact) mass is 548 g/mol. The van der Waals surface area contributed by atoms with Crippen molar-refractivity contribution in [3.05, 3.63) is 69.2 Å². The minimum absolute atomic E-state index is 0.121. The first-order valence-electron chi connectivity index (χ1n) is 12.3. The number of carbonyl (C=O) groups excluding carboxylic acids is 2. The molecule has 1 aliphatic carbocycles. The van der Waals surface area contributed by atoms with Gasteiger partial charge in [-0.25, -0.2) is 8.42 Å². The van der Waals surface area contributed by atoms with E-state index in [2.05, 4.69) is 10.6 Å². The van der Waals surface area contributed by atoms with Crippen molar-refractivity contribution in [2.24, 2.45) is 5.92 Å². The van der Waals surface area contributed by atoms with Crippen LogP contribution in [0.5, 0.6) is 0 Å². The Morgan fingerprint density at radius 1 is 0.946 bits per heavy atom. The van der Waals surface area contributed by atoms with Crippen molar-refractivity contribution >= 4 is 39.1 Å². The van der Waals surface area contributed by atoms with E-state index in [1.165, 1.54) is 16.4 Å². The molecule has 0 bridgehead atoms. The van der Waals surface area contributed by atoms with Crippen LogP contribution in [0.3, 0.4) is 0 Å². The Hall–Kier alpha value is -3.02. The molecule has 2 aromatic carbocycles. The van der Waals surface area contributed by atoms with Crippen molar-refractivity contribution in [3.8, 4) is 0 Å². The van der Waals surface area contributed by atoms with Gasteiger partial charge >= 0.3 is 0 Å². The highest BCUT2D eigenvalue weighted by Crippen LogP contribution is 2.30. The average molecular weight is 549 g/mol. The zero-order valence-corrected chi connectivity index (χ0v) is 21.7. The molecule has 2 atom stereocenters. The first-order valence-corrected chi connectivity index (χ1v) is 14.1. The normalized spacial score (nSPS) is 21.2. The third kappa shape index (κ3) is 6.28. The molecule has 2 N–H and O–H groups in total. The molecule has 1 aliphatic heterocycles. The second kappa shape index (κ2) is 11.6. The summed E-state index contributed by atoms with van der Waals surface area (Å²) in [6.07, 6.45) is 4.10. The average Bonchev–Trinajstić information content (AvgIpc) is 2.90. The summed E-state index contributed by atoms with van der Waals surface area (Å²) in [5.74, 6) is -0.684. The minimum atomic E-state index is -3.97. The second-order valence-corrected chi connectivity index (χ2v) is 11.7. The first-order chi connectivity index (χ1) is 17.7. The lowest BCUT2D eigenvalue weighted by Crippen LogP contribution is -2.55. The molecule has 2 amide bonds. The van der Waals surface area contributed by atoms with Crippen molar-refractivity contribution in [1.82, 2.24) is 14.9 Å². The topological polar surface area (TPSA) is 139 Å². The quantitative estimate of drug-likeness (QED) is 0.401. The smallest absolute Gasteiger partial charge is 0.289 e. The molecule has 1 heterocycles. The Balaban J connectivity index is 1.35. The number of hydrogen-bond acceptors (Lipinski definition) is 6. The Morgan fingerprint density at radius 3 is 2.19 bits per heavy atom. The molecule has 0 aromatic heterocycles. The third-order valence-electron chi connectivity index (χ3n) is 7.02. The van der Waals surface area contributed by atoms with Crippen LogP contribution in [-0.4, -0.2) is 54.6 Å². The van der Waals surface area contributed by atoms with Crippen LogP contribution < -0.4 is 10.6 Å². The van der Waals surface area contributed by atoms with Crippen LogP contribution in [0.2, 0.25) is 5.02 Å². The number of rotatable bonds is 7. The maximum absolute atomic E-state index is 13.1. The molecule has 1 saturated heterocycles. The largest absolute Gasteiger partial charge is 0.351 e. The van der Waals surface area contributed by atoms with Crippen LogP contribution in [0.25, 0.3) is 0 Å². The van der Waals surface area contributed by atoms with E-state index < -0.39 is 20.6 Å². The molecule has 1 unspecified atom stereocenters. The Bertz CT molecular complexity index is 1270. The maximum atomic E-state index is 13.1. The van der Waals surface area contributed by atoms with Gasteiger partial charge in [0.15, 0.2) is 0 Å². The van der Waals surface area contributed by atoms with E-state index in [1.807, 2.05) is 6.07 Å². The van der Waals surface area contributed by atoms with Crippen molar-refractivity contribution in [2.75, 3.05) is 13.1 Å². The molecule has 4 rings (SSSR count). The van der Waals surface area contributed by atoms with Gasteiger partial charge in [-0.3, -0.25) is 19.7 Å². The molecule has 10 nitrogen and oxygen atoms in total. The third-order valence-corrected chi connectivity index (χ3v) is 9.24. The molecule has 2 aromatic rings. The van der Waals surface area contributed by atoms with E-state index in [0.29, 0.717) is 18.4 Å². The van der Waals surface area contributed by atoms with E-state index in [-0.39, 0.29) is 52.8 Å². The highest BCUT2D eigenvalue weighted by molar-refractivity contribution is 7.89. The van der Waals surface area contributed by atoms with Crippen LogP contribution in [0.15, 0.2) is 53.4 Å². The minimum Gasteiger partial charge on any atom is -0.351 e. The van der Waals surface area contributed by atoms with Gasteiger partial charge in [-0.05, 0) is 49.9 Å². The van der Waals surface area contributed by atoms with E-state index in [4.69, 9.17) is 11.6 Å². The van der Waals surface area contributed by atoms with Gasteiger partial charge < -0.3 is 10.6 Å². The summed E-state index contributed by atoms with van der Waals surface area (Å²) in [6.45, 7) is 0.241. The summed E-state index contributed by atoms with van der Waals surface area (Å²) in [5.41, 5.74) is 0.0937. The number of benzene rings is 2. The van der Waals surface area contributed by atoms with E-state index in [1.54, 1.807) is 24.3 Å². The summed E-state index contributed by atoms with van der Waals surface area (Å²) < 4.78 is 27.3. The summed E-state index contributed by atoms with van der Waals surface area (Å²) in [7, 11) is -3.97. The molecule has 0 radical (unpaired) electrons. The predicted molar refractivity (Wildman–Crippen MR) is 138 cm³/mol. The zero-order chi connectivity index (χ0) is 26.6. The lowest BCUT2D eigenvalue weighted by atomic mass is 9.88. The summed E-state index contributed by atoms with van der Waals surface area (Å²) >= 11 is 5.81. The summed E-state index contributed by atoms with van der Waals surface area (Å²) in [6, 6.07) is 12.0. The fourth-order valence-corrected chi connectivity index (χ4v) is 6.60. The van der Waals surface area contributed by atoms with Crippen LogP contribution in [0, 0.1) is 16.0 Å². The van der Waals surface area contributed by atoms with Crippen molar-refractivity contribution in [1.29, 1.82) is 0 Å². The lowest BCUT2D eigenvalue weighted by molar-refractivity contribution is -0.384. The van der Waals surface area contributed by atoms with Crippen molar-refractivity contribution < 1.29 is 22.9 Å². The zero-order valence-electron chi connectivity index (χ0n) is 20.1. The maximum Gasteiger partial charge on any atom is 0.289 e. The molecule has 2 fully saturated rings. The second-order valence-electron chi connectivity index (χ2n) is 9.39. The molecular weight excluding hydrogens is 520 g/mol. The number of nitrogens with one attached hydrogen (secondary N) is 2. The van der Waals surface area contributed by atoms with E-state index >= 15 is 0 Å². The van der Waals surface area contributed by atoms with Gasteiger partial charge in [0.2, 0.25) is 15.9 Å². The number of carbonyl (C=O) groups is 2. The SMILES string of the molecule is O=C(N[C@@H]1CCCCC1NC(=O)C1CCN(S(=O)(=O)c2ccc(Cl)c([N+](=O)[O-])c2)CC1)c1ccccc1. The molecule has 1 saturated carbocycles. The van der Waals surface area contributed by atoms with Crippen LogP contribution in [0.4, 0.5) is 5.69 Å². The Morgan fingerprint density at radius 2 is 1.57 bits per heavy atom. The summed E-state index contributed by atoms with van der Waals surface area (Å²) in [5, 5.41) is 17.2. The molecule has 2 aliphatic rings. The van der Waals surface area contributed by atoms with Crippen LogP contribution in [0.1, 0.15) is 48.9 Å². The highest BCUT2D eigenvalue weighted by Gasteiger charge is 2.35. The predicted octanol–water partition coefficient (Wildman–Crippen LogP) is 3.51. The molecule has 198 valence electrons. The number of halogens is 1. The highest BCUT2D eigenvalue weighted by atomic mass is 35.5. The van der Waals surface area contributed by atoms with Crippen molar-refractivity contribution in [2.45, 2.75) is 55.5 Å². The fraction of sp³-hybridized carbons (Fsp3) is 0.440. The van der Waals surface area contributed by atoms with Gasteiger partial charge in [0.05, 0.1) is 9.82 Å². The van der Waals surface area contributed by atoms with E-state index in [0.717, 1.165) is 31.7 Å². The van der Waals surface area contributed by atoms with Gasteiger partial charge in [-0.1, -0.05) is 42.6 Å². The number of amides is 2. The Kier molecular flexibility index (Phi) is 8.46. The van der Waals surface area contributed by atoms with Gasteiger partial charge in [-0.15, -0.1) is 0 Å². The van der Waals surface area contributed by atoms with Gasteiger partial charge in [0.25, 0.3) is 11.6 Å². The van der Waals surface area contributed by atoms with E-state index in [9.17, 15) is 28.1 Å². The Labute approximate surface area is 220 Å². The lowest BCUT2D eigenvalue weighted by Gasteiger charge is -2.35.